The van der Waals surface area contributed by atoms with Gasteiger partial charge in [0.05, 0.1) is 7.11 Å². The van der Waals surface area contributed by atoms with Gasteiger partial charge in [0.2, 0.25) is 0 Å². The molecule has 0 aliphatic carbocycles. The standard InChI is InChI=1S/C15H25N3O/c1-12(18-9-7-17-8-10-18)11-15(16)13-3-5-14(19-2)6-4-13/h3-6,12,15,17H,7-11,16H2,1-2H3. The van der Waals surface area contributed by atoms with E-state index in [-0.39, 0.29) is 6.04 Å². The van der Waals surface area contributed by atoms with Crippen molar-refractivity contribution in [1.82, 2.24) is 10.2 Å². The highest BCUT2D eigenvalue weighted by atomic mass is 16.5. The van der Waals surface area contributed by atoms with E-state index in [1.807, 2.05) is 12.1 Å². The Hall–Kier alpha value is -1.10. The highest BCUT2D eigenvalue weighted by molar-refractivity contribution is 5.29. The molecule has 1 aromatic carbocycles. The lowest BCUT2D eigenvalue weighted by Crippen LogP contribution is -2.48. The average molecular weight is 263 g/mol. The number of nitrogens with zero attached hydrogens (tertiary/aromatic N) is 1. The molecule has 0 spiro atoms. The van der Waals surface area contributed by atoms with Gasteiger partial charge in [-0.2, -0.15) is 0 Å². The Balaban J connectivity index is 1.89. The second-order valence-electron chi connectivity index (χ2n) is 5.25. The largest absolute Gasteiger partial charge is 0.497 e. The van der Waals surface area contributed by atoms with Gasteiger partial charge < -0.3 is 15.8 Å². The molecule has 3 N–H and O–H groups in total. The molecule has 19 heavy (non-hydrogen) atoms. The summed E-state index contributed by atoms with van der Waals surface area (Å²) < 4.78 is 5.17. The zero-order valence-electron chi connectivity index (χ0n) is 11.9. The summed E-state index contributed by atoms with van der Waals surface area (Å²) in [5.41, 5.74) is 7.49. The minimum absolute atomic E-state index is 0.0933. The van der Waals surface area contributed by atoms with Gasteiger partial charge in [-0.15, -0.1) is 0 Å². The lowest BCUT2D eigenvalue weighted by molar-refractivity contribution is 0.170. The van der Waals surface area contributed by atoms with Crippen molar-refractivity contribution in [3.63, 3.8) is 0 Å². The van der Waals surface area contributed by atoms with Gasteiger partial charge in [-0.25, -0.2) is 0 Å². The van der Waals surface area contributed by atoms with Crippen LogP contribution >= 0.6 is 0 Å². The summed E-state index contributed by atoms with van der Waals surface area (Å²) in [5.74, 6) is 0.881. The fourth-order valence-electron chi connectivity index (χ4n) is 2.63. The quantitative estimate of drug-likeness (QED) is 0.842. The molecule has 0 amide bonds. The minimum Gasteiger partial charge on any atom is -0.497 e. The molecule has 2 unspecified atom stereocenters. The first-order chi connectivity index (χ1) is 9.20. The first-order valence-electron chi connectivity index (χ1n) is 7.05. The Morgan fingerprint density at radius 3 is 2.47 bits per heavy atom. The van der Waals surface area contributed by atoms with Crippen LogP contribution in [0.2, 0.25) is 0 Å². The van der Waals surface area contributed by atoms with Crippen LogP contribution in [0.3, 0.4) is 0 Å². The molecular weight excluding hydrogens is 238 g/mol. The number of rotatable bonds is 5. The number of piperazine rings is 1. The summed E-state index contributed by atoms with van der Waals surface area (Å²) in [6.07, 6.45) is 0.992. The Kier molecular flexibility index (Phi) is 5.19. The van der Waals surface area contributed by atoms with E-state index in [0.717, 1.165) is 38.3 Å². The van der Waals surface area contributed by atoms with Crippen molar-refractivity contribution in [3.05, 3.63) is 29.8 Å². The van der Waals surface area contributed by atoms with Gasteiger partial charge in [-0.1, -0.05) is 12.1 Å². The molecule has 1 heterocycles. The number of methoxy groups -OCH3 is 1. The van der Waals surface area contributed by atoms with Crippen LogP contribution < -0.4 is 15.8 Å². The van der Waals surface area contributed by atoms with Gasteiger partial charge in [0.15, 0.2) is 0 Å². The summed E-state index contributed by atoms with van der Waals surface area (Å²) >= 11 is 0. The third-order valence-electron chi connectivity index (χ3n) is 3.91. The first-order valence-corrected chi connectivity index (χ1v) is 7.05. The molecule has 2 rings (SSSR count). The van der Waals surface area contributed by atoms with Gasteiger partial charge >= 0.3 is 0 Å². The van der Waals surface area contributed by atoms with Crippen molar-refractivity contribution in [2.45, 2.75) is 25.4 Å². The van der Waals surface area contributed by atoms with Crippen molar-refractivity contribution >= 4 is 0 Å². The van der Waals surface area contributed by atoms with E-state index in [1.165, 1.54) is 5.56 Å². The van der Waals surface area contributed by atoms with Crippen LogP contribution in [-0.2, 0) is 0 Å². The molecule has 1 saturated heterocycles. The van der Waals surface area contributed by atoms with Crippen molar-refractivity contribution in [2.75, 3.05) is 33.3 Å². The van der Waals surface area contributed by atoms with Crippen LogP contribution in [0.1, 0.15) is 24.9 Å². The molecule has 106 valence electrons. The van der Waals surface area contributed by atoms with Crippen LogP contribution in [0.15, 0.2) is 24.3 Å². The molecule has 2 atom stereocenters. The number of hydrogen-bond donors (Lipinski definition) is 2. The molecule has 1 fully saturated rings. The van der Waals surface area contributed by atoms with Crippen LogP contribution in [0.25, 0.3) is 0 Å². The third kappa shape index (κ3) is 3.93. The van der Waals surface area contributed by atoms with Crippen LogP contribution in [0, 0.1) is 0 Å². The monoisotopic (exact) mass is 263 g/mol. The smallest absolute Gasteiger partial charge is 0.118 e. The van der Waals surface area contributed by atoms with Crippen LogP contribution in [-0.4, -0.2) is 44.2 Å². The molecule has 1 aromatic rings. The minimum atomic E-state index is 0.0933. The molecule has 1 aliphatic rings. The van der Waals surface area contributed by atoms with Crippen LogP contribution in [0.5, 0.6) is 5.75 Å². The van der Waals surface area contributed by atoms with Gasteiger partial charge in [0.1, 0.15) is 5.75 Å². The second-order valence-corrected chi connectivity index (χ2v) is 5.25. The fourth-order valence-corrected chi connectivity index (χ4v) is 2.63. The molecule has 1 aliphatic heterocycles. The molecule has 4 nitrogen and oxygen atoms in total. The summed E-state index contributed by atoms with van der Waals surface area (Å²) in [4.78, 5) is 2.51. The van der Waals surface area contributed by atoms with Crippen molar-refractivity contribution in [2.24, 2.45) is 5.73 Å². The van der Waals surface area contributed by atoms with Crippen LogP contribution in [0.4, 0.5) is 0 Å². The van der Waals surface area contributed by atoms with Crippen molar-refractivity contribution in [3.8, 4) is 5.75 Å². The molecule has 0 bridgehead atoms. The molecule has 0 saturated carbocycles. The SMILES string of the molecule is COc1ccc(C(N)CC(C)N2CCNCC2)cc1. The molecule has 0 aromatic heterocycles. The molecular formula is C15H25N3O. The summed E-state index contributed by atoms with van der Waals surface area (Å²) in [6.45, 7) is 6.69. The maximum Gasteiger partial charge on any atom is 0.118 e. The normalized spacial score (nSPS) is 19.9. The highest BCUT2D eigenvalue weighted by Crippen LogP contribution is 2.21. The number of hydrogen-bond acceptors (Lipinski definition) is 4. The summed E-state index contributed by atoms with van der Waals surface area (Å²) in [5, 5.41) is 3.38. The molecule has 0 radical (unpaired) electrons. The fraction of sp³-hybridized carbons (Fsp3) is 0.600. The zero-order chi connectivity index (χ0) is 13.7. The maximum atomic E-state index is 6.31. The van der Waals surface area contributed by atoms with E-state index in [4.69, 9.17) is 10.5 Å². The summed E-state index contributed by atoms with van der Waals surface area (Å²) in [7, 11) is 1.68. The van der Waals surface area contributed by atoms with E-state index >= 15 is 0 Å². The van der Waals surface area contributed by atoms with Gasteiger partial charge in [-0.3, -0.25) is 4.90 Å². The predicted molar refractivity (Wildman–Crippen MR) is 78.4 cm³/mol. The number of ether oxygens (including phenoxy) is 1. The lowest BCUT2D eigenvalue weighted by atomic mass is 9.99. The van der Waals surface area contributed by atoms with E-state index in [0.29, 0.717) is 6.04 Å². The highest BCUT2D eigenvalue weighted by Gasteiger charge is 2.19. The Labute approximate surface area is 115 Å². The number of benzene rings is 1. The summed E-state index contributed by atoms with van der Waals surface area (Å²) in [6, 6.07) is 8.70. The topological polar surface area (TPSA) is 50.5 Å². The van der Waals surface area contributed by atoms with E-state index in [9.17, 15) is 0 Å². The maximum absolute atomic E-state index is 6.31. The Morgan fingerprint density at radius 1 is 1.26 bits per heavy atom. The average Bonchev–Trinajstić information content (AvgIpc) is 2.48. The van der Waals surface area contributed by atoms with E-state index in [1.54, 1.807) is 7.11 Å². The number of nitrogens with one attached hydrogen (secondary N) is 1. The van der Waals surface area contributed by atoms with Crippen molar-refractivity contribution < 1.29 is 4.74 Å². The Bertz CT molecular complexity index is 373. The molecule has 4 heteroatoms. The van der Waals surface area contributed by atoms with Crippen molar-refractivity contribution in [1.29, 1.82) is 0 Å². The lowest BCUT2D eigenvalue weighted by Gasteiger charge is -2.34. The zero-order valence-corrected chi connectivity index (χ0v) is 11.9. The van der Waals surface area contributed by atoms with E-state index < -0.39 is 0 Å². The second kappa shape index (κ2) is 6.89. The number of nitrogens with two attached hydrogens (primary N) is 1. The van der Waals surface area contributed by atoms with Gasteiger partial charge in [0.25, 0.3) is 0 Å². The van der Waals surface area contributed by atoms with Gasteiger partial charge in [0, 0.05) is 38.3 Å². The van der Waals surface area contributed by atoms with Gasteiger partial charge in [-0.05, 0) is 31.0 Å². The first kappa shape index (κ1) is 14.3. The Morgan fingerprint density at radius 2 is 1.89 bits per heavy atom. The predicted octanol–water partition coefficient (Wildman–Crippen LogP) is 1.38. The third-order valence-corrected chi connectivity index (χ3v) is 3.91. The van der Waals surface area contributed by atoms with E-state index in [2.05, 4.69) is 29.3 Å².